The number of sulfone groups is 1. The van der Waals surface area contributed by atoms with Gasteiger partial charge >= 0.3 is 0 Å². The molecule has 1 heterocycles. The Labute approximate surface area is 87.2 Å². The summed E-state index contributed by atoms with van der Waals surface area (Å²) in [5.74, 6) is 0.719. The normalized spacial score (nSPS) is 20.4. The molecule has 1 rings (SSSR count). The second-order valence-electron chi connectivity index (χ2n) is 4.36. The van der Waals surface area contributed by atoms with Gasteiger partial charge in [0.25, 0.3) is 0 Å². The Bertz CT molecular complexity index is 262. The highest BCUT2D eigenvalue weighted by Crippen LogP contribution is 2.31. The fourth-order valence-electron chi connectivity index (χ4n) is 1.87. The third kappa shape index (κ3) is 2.95. The van der Waals surface area contributed by atoms with E-state index in [0.29, 0.717) is 11.5 Å². The lowest BCUT2D eigenvalue weighted by Gasteiger charge is -2.42. The van der Waals surface area contributed by atoms with E-state index < -0.39 is 9.84 Å². The first-order chi connectivity index (χ1) is 6.54. The highest BCUT2D eigenvalue weighted by atomic mass is 32.2. The largest absolute Gasteiger partial charge is 0.316 e. The summed E-state index contributed by atoms with van der Waals surface area (Å²) >= 11 is 0. The van der Waals surface area contributed by atoms with Crippen molar-refractivity contribution >= 4 is 9.84 Å². The lowest BCUT2D eigenvalue weighted by atomic mass is 9.77. The van der Waals surface area contributed by atoms with Crippen LogP contribution in [0.25, 0.3) is 0 Å². The Morgan fingerprint density at radius 2 is 1.86 bits per heavy atom. The summed E-state index contributed by atoms with van der Waals surface area (Å²) in [6.45, 7) is 6.04. The van der Waals surface area contributed by atoms with Crippen LogP contribution in [0.5, 0.6) is 0 Å². The fraction of sp³-hybridized carbons (Fsp3) is 1.00. The highest BCUT2D eigenvalue weighted by molar-refractivity contribution is 7.91. The molecular formula is C10H21NO2S. The number of hydrogen-bond acceptors (Lipinski definition) is 3. The molecule has 14 heavy (non-hydrogen) atoms. The average Bonchev–Trinajstić information content (AvgIpc) is 2.03. The minimum Gasteiger partial charge on any atom is -0.316 e. The highest BCUT2D eigenvalue weighted by Gasteiger charge is 2.35. The van der Waals surface area contributed by atoms with Crippen molar-refractivity contribution in [3.05, 3.63) is 0 Å². The van der Waals surface area contributed by atoms with Crippen LogP contribution in [0.1, 0.15) is 33.1 Å². The first-order valence-electron chi connectivity index (χ1n) is 5.45. The lowest BCUT2D eigenvalue weighted by Crippen LogP contribution is -2.53. The maximum Gasteiger partial charge on any atom is 0.150 e. The molecule has 4 heteroatoms. The van der Waals surface area contributed by atoms with Crippen molar-refractivity contribution in [2.24, 2.45) is 5.41 Å². The minimum absolute atomic E-state index is 0.279. The Balaban J connectivity index is 2.39. The molecule has 0 amide bonds. The molecule has 0 aliphatic carbocycles. The van der Waals surface area contributed by atoms with Crippen LogP contribution < -0.4 is 5.32 Å². The molecule has 1 fully saturated rings. The lowest BCUT2D eigenvalue weighted by molar-refractivity contribution is 0.155. The zero-order chi connectivity index (χ0) is 10.7. The summed E-state index contributed by atoms with van der Waals surface area (Å²) < 4.78 is 23.0. The average molecular weight is 219 g/mol. The van der Waals surface area contributed by atoms with Gasteiger partial charge in [0.15, 0.2) is 0 Å². The van der Waals surface area contributed by atoms with Crippen molar-refractivity contribution in [3.8, 4) is 0 Å². The second-order valence-corrected chi connectivity index (χ2v) is 6.66. The maximum atomic E-state index is 11.5. The third-order valence-corrected chi connectivity index (χ3v) is 5.06. The van der Waals surface area contributed by atoms with E-state index in [1.807, 2.05) is 6.92 Å². The van der Waals surface area contributed by atoms with Gasteiger partial charge in [0, 0.05) is 18.8 Å². The first kappa shape index (κ1) is 12.0. The smallest absolute Gasteiger partial charge is 0.150 e. The molecule has 1 N–H and O–H groups in total. The molecule has 0 unspecified atom stereocenters. The van der Waals surface area contributed by atoms with Gasteiger partial charge in [-0.2, -0.15) is 0 Å². The summed E-state index contributed by atoms with van der Waals surface area (Å²) in [6.07, 6.45) is 2.65. The van der Waals surface area contributed by atoms with Crippen LogP contribution in [-0.4, -0.2) is 33.0 Å². The van der Waals surface area contributed by atoms with Crippen LogP contribution in [0, 0.1) is 5.41 Å². The van der Waals surface area contributed by atoms with Crippen molar-refractivity contribution in [2.75, 3.05) is 24.6 Å². The molecule has 0 radical (unpaired) electrons. The van der Waals surface area contributed by atoms with Crippen LogP contribution in [0.4, 0.5) is 0 Å². The van der Waals surface area contributed by atoms with E-state index in [9.17, 15) is 8.42 Å². The van der Waals surface area contributed by atoms with E-state index in [4.69, 9.17) is 0 Å². The number of rotatable bonds is 6. The van der Waals surface area contributed by atoms with Gasteiger partial charge in [-0.15, -0.1) is 0 Å². The van der Waals surface area contributed by atoms with Crippen LogP contribution in [0.3, 0.4) is 0 Å². The predicted molar refractivity (Wildman–Crippen MR) is 59.2 cm³/mol. The molecular weight excluding hydrogens is 198 g/mol. The van der Waals surface area contributed by atoms with E-state index in [2.05, 4.69) is 12.2 Å². The van der Waals surface area contributed by atoms with Crippen molar-refractivity contribution < 1.29 is 8.42 Å². The Morgan fingerprint density at radius 1 is 1.21 bits per heavy atom. The Hall–Kier alpha value is -0.0900. The van der Waals surface area contributed by atoms with E-state index in [1.54, 1.807) is 0 Å². The topological polar surface area (TPSA) is 46.2 Å². The van der Waals surface area contributed by atoms with Gasteiger partial charge in [-0.05, 0) is 24.7 Å². The minimum atomic E-state index is -2.78. The maximum absolute atomic E-state index is 11.5. The molecule has 84 valence electrons. The molecule has 0 aromatic heterocycles. The van der Waals surface area contributed by atoms with E-state index >= 15 is 0 Å². The summed E-state index contributed by atoms with van der Waals surface area (Å²) in [7, 11) is -2.78. The van der Waals surface area contributed by atoms with Crippen LogP contribution >= 0.6 is 0 Å². The number of hydrogen-bond donors (Lipinski definition) is 1. The van der Waals surface area contributed by atoms with Crippen molar-refractivity contribution in [3.63, 3.8) is 0 Å². The van der Waals surface area contributed by atoms with Gasteiger partial charge in [0.05, 0.1) is 5.75 Å². The van der Waals surface area contributed by atoms with Crippen LogP contribution in [-0.2, 0) is 9.84 Å². The monoisotopic (exact) mass is 219 g/mol. The van der Waals surface area contributed by atoms with Gasteiger partial charge < -0.3 is 5.32 Å². The third-order valence-electron chi connectivity index (χ3n) is 3.21. The zero-order valence-electron chi connectivity index (χ0n) is 9.17. The summed E-state index contributed by atoms with van der Waals surface area (Å²) in [5.41, 5.74) is 0.279. The van der Waals surface area contributed by atoms with Crippen LogP contribution in [0.2, 0.25) is 0 Å². The van der Waals surface area contributed by atoms with Gasteiger partial charge in [-0.3, -0.25) is 0 Å². The molecule has 0 aromatic rings. The second kappa shape index (κ2) is 4.62. The molecule has 1 saturated heterocycles. The van der Waals surface area contributed by atoms with Gasteiger partial charge in [-0.1, -0.05) is 13.8 Å². The summed E-state index contributed by atoms with van der Waals surface area (Å²) in [5, 5.41) is 3.23. The molecule has 0 spiro atoms. The van der Waals surface area contributed by atoms with E-state index in [0.717, 1.165) is 32.4 Å². The quantitative estimate of drug-likeness (QED) is 0.730. The Morgan fingerprint density at radius 3 is 2.21 bits per heavy atom. The van der Waals surface area contributed by atoms with Crippen LogP contribution in [0.15, 0.2) is 0 Å². The zero-order valence-corrected chi connectivity index (χ0v) is 9.99. The van der Waals surface area contributed by atoms with Crippen molar-refractivity contribution in [1.82, 2.24) is 5.32 Å². The Kier molecular flexibility index (Phi) is 3.95. The molecule has 0 bridgehead atoms. The fourth-order valence-corrected chi connectivity index (χ4v) is 3.44. The molecule has 0 aromatic carbocycles. The van der Waals surface area contributed by atoms with Gasteiger partial charge in [-0.25, -0.2) is 8.42 Å². The van der Waals surface area contributed by atoms with Gasteiger partial charge in [0.1, 0.15) is 9.84 Å². The first-order valence-corrected chi connectivity index (χ1v) is 7.27. The standard InChI is InChI=1S/C10H21NO2S/c1-3-6-14(12,13)7-5-10(4-2)8-11-9-10/h11H,3-9H2,1-2H3. The summed E-state index contributed by atoms with van der Waals surface area (Å²) in [6, 6.07) is 0. The van der Waals surface area contributed by atoms with Crippen molar-refractivity contribution in [1.29, 1.82) is 0 Å². The van der Waals surface area contributed by atoms with Gasteiger partial charge in [0.2, 0.25) is 0 Å². The number of nitrogens with one attached hydrogen (secondary N) is 1. The summed E-state index contributed by atoms with van der Waals surface area (Å²) in [4.78, 5) is 0. The SMILES string of the molecule is CCCS(=O)(=O)CCC1(CC)CNC1. The van der Waals surface area contributed by atoms with E-state index in [1.165, 1.54) is 0 Å². The predicted octanol–water partition coefficient (Wildman–Crippen LogP) is 1.20. The molecule has 3 nitrogen and oxygen atoms in total. The van der Waals surface area contributed by atoms with Crippen molar-refractivity contribution in [2.45, 2.75) is 33.1 Å². The van der Waals surface area contributed by atoms with E-state index in [-0.39, 0.29) is 5.41 Å². The molecule has 0 atom stereocenters. The molecule has 1 aliphatic rings. The molecule has 1 aliphatic heterocycles. The molecule has 0 saturated carbocycles.